The van der Waals surface area contributed by atoms with Crippen LogP contribution >= 0.6 is 11.8 Å². The molecule has 21 heavy (non-hydrogen) atoms. The van der Waals surface area contributed by atoms with Crippen molar-refractivity contribution >= 4 is 34.1 Å². The third kappa shape index (κ3) is 5.53. The van der Waals surface area contributed by atoms with Crippen molar-refractivity contribution in [2.75, 3.05) is 13.7 Å². The van der Waals surface area contributed by atoms with Gasteiger partial charge in [-0.1, -0.05) is 23.9 Å². The van der Waals surface area contributed by atoms with E-state index < -0.39 is 5.97 Å². The van der Waals surface area contributed by atoms with Crippen molar-refractivity contribution in [3.8, 4) is 0 Å². The zero-order chi connectivity index (χ0) is 15.8. The minimum absolute atomic E-state index is 0.0488. The monoisotopic (exact) mass is 306 g/mol. The van der Waals surface area contributed by atoms with Gasteiger partial charge in [-0.15, -0.1) is 0 Å². The van der Waals surface area contributed by atoms with Crippen LogP contribution in [0.3, 0.4) is 0 Å². The minimum Gasteiger partial charge on any atom is -0.465 e. The molecule has 0 aliphatic heterocycles. The van der Waals surface area contributed by atoms with Crippen molar-refractivity contribution in [2.45, 2.75) is 13.3 Å². The van der Waals surface area contributed by atoms with E-state index in [1.165, 1.54) is 18.9 Å². The summed E-state index contributed by atoms with van der Waals surface area (Å²) in [6, 6.07) is 7.05. The summed E-state index contributed by atoms with van der Waals surface area (Å²) in [4.78, 5) is 22.6. The van der Waals surface area contributed by atoms with Crippen molar-refractivity contribution < 1.29 is 14.3 Å². The lowest BCUT2D eigenvalue weighted by atomic mass is 10.1. The number of ketones is 1. The van der Waals surface area contributed by atoms with Crippen molar-refractivity contribution in [1.29, 1.82) is 5.41 Å². The highest BCUT2D eigenvalue weighted by atomic mass is 32.2. The number of allylic oxidation sites excluding steroid dienone is 1. The fourth-order valence-corrected chi connectivity index (χ4v) is 2.23. The van der Waals surface area contributed by atoms with E-state index in [1.807, 2.05) is 13.0 Å². The SMILES string of the molecule is COC(=O)c1cccc(/C(C)=C/SC(=N)CC(=O)CN)c1. The molecule has 0 saturated carbocycles. The van der Waals surface area contributed by atoms with E-state index in [0.29, 0.717) is 5.56 Å². The quantitative estimate of drug-likeness (QED) is 0.478. The molecule has 3 N–H and O–H groups in total. The fraction of sp³-hybridized carbons (Fsp3) is 0.267. The maximum absolute atomic E-state index is 11.5. The van der Waals surface area contributed by atoms with Gasteiger partial charge >= 0.3 is 5.97 Å². The number of benzene rings is 1. The second kappa shape index (κ2) is 8.39. The lowest BCUT2D eigenvalue weighted by Crippen LogP contribution is -2.15. The first kappa shape index (κ1) is 17.1. The number of hydrogen-bond donors (Lipinski definition) is 2. The lowest BCUT2D eigenvalue weighted by Gasteiger charge is -2.05. The Labute approximate surface area is 128 Å². The Hall–Kier alpha value is -1.92. The molecule has 0 spiro atoms. The first-order chi connectivity index (χ1) is 9.97. The predicted molar refractivity (Wildman–Crippen MR) is 85.4 cm³/mol. The van der Waals surface area contributed by atoms with Gasteiger partial charge in [-0.2, -0.15) is 0 Å². The first-order valence-electron chi connectivity index (χ1n) is 6.29. The molecule has 0 bridgehead atoms. The van der Waals surface area contributed by atoms with Crippen LogP contribution in [0.4, 0.5) is 0 Å². The topological polar surface area (TPSA) is 93.2 Å². The van der Waals surface area contributed by atoms with Gasteiger partial charge in [0.25, 0.3) is 0 Å². The highest BCUT2D eigenvalue weighted by Crippen LogP contribution is 2.20. The number of esters is 1. The van der Waals surface area contributed by atoms with Crippen LogP contribution in [0.5, 0.6) is 0 Å². The molecule has 0 atom stereocenters. The Morgan fingerprint density at radius 1 is 1.38 bits per heavy atom. The van der Waals surface area contributed by atoms with E-state index in [1.54, 1.807) is 23.6 Å². The Kier molecular flexibility index (Phi) is 6.84. The molecule has 0 radical (unpaired) electrons. The van der Waals surface area contributed by atoms with Gasteiger partial charge in [0, 0.05) is 0 Å². The Morgan fingerprint density at radius 2 is 2.05 bits per heavy atom. The van der Waals surface area contributed by atoms with E-state index in [9.17, 15) is 9.59 Å². The first-order valence-corrected chi connectivity index (χ1v) is 7.17. The number of hydrogen-bond acceptors (Lipinski definition) is 6. The molecule has 1 rings (SSSR count). The number of carbonyl (C=O) groups is 2. The van der Waals surface area contributed by atoms with Gasteiger partial charge in [-0.3, -0.25) is 10.2 Å². The molecule has 0 aliphatic carbocycles. The van der Waals surface area contributed by atoms with Gasteiger partial charge in [0.2, 0.25) is 0 Å². The number of rotatable bonds is 6. The molecule has 0 aliphatic rings. The average Bonchev–Trinajstić information content (AvgIpc) is 2.51. The summed E-state index contributed by atoms with van der Waals surface area (Å²) >= 11 is 1.17. The van der Waals surface area contributed by atoms with Crippen LogP contribution in [-0.4, -0.2) is 30.5 Å². The largest absolute Gasteiger partial charge is 0.465 e. The van der Waals surface area contributed by atoms with E-state index in [0.717, 1.165) is 11.1 Å². The summed E-state index contributed by atoms with van der Waals surface area (Å²) in [5, 5.41) is 9.71. The zero-order valence-electron chi connectivity index (χ0n) is 12.0. The molecule has 0 aromatic heterocycles. The van der Waals surface area contributed by atoms with Gasteiger partial charge < -0.3 is 10.5 Å². The lowest BCUT2D eigenvalue weighted by molar-refractivity contribution is -0.116. The summed E-state index contributed by atoms with van der Waals surface area (Å²) in [7, 11) is 1.34. The molecule has 6 heteroatoms. The summed E-state index contributed by atoms with van der Waals surface area (Å²) in [5.74, 6) is -0.551. The van der Waals surface area contributed by atoms with Gasteiger partial charge in [0.1, 0.15) is 0 Å². The van der Waals surface area contributed by atoms with Crippen LogP contribution in [0.2, 0.25) is 0 Å². The number of ether oxygens (including phenoxy) is 1. The van der Waals surface area contributed by atoms with E-state index in [4.69, 9.17) is 11.1 Å². The van der Waals surface area contributed by atoms with E-state index in [2.05, 4.69) is 4.74 Å². The van der Waals surface area contributed by atoms with Gasteiger partial charge in [0.15, 0.2) is 5.78 Å². The Bertz CT molecular complexity index is 582. The smallest absolute Gasteiger partial charge is 0.337 e. The van der Waals surface area contributed by atoms with Crippen molar-refractivity contribution in [3.63, 3.8) is 0 Å². The standard InChI is InChI=1S/C15H18N2O3S/c1-10(9-21-14(17)7-13(18)8-16)11-4-3-5-12(6-11)15(19)20-2/h3-6,9,17H,7-8,16H2,1-2H3/b10-9+,17-14?. The van der Waals surface area contributed by atoms with E-state index >= 15 is 0 Å². The highest BCUT2D eigenvalue weighted by Gasteiger charge is 2.07. The van der Waals surface area contributed by atoms with Crippen molar-refractivity contribution in [1.82, 2.24) is 0 Å². The normalized spacial score (nSPS) is 11.1. The molecule has 5 nitrogen and oxygen atoms in total. The third-order valence-electron chi connectivity index (χ3n) is 2.70. The van der Waals surface area contributed by atoms with Crippen LogP contribution in [0.25, 0.3) is 5.57 Å². The third-order valence-corrected chi connectivity index (χ3v) is 3.60. The summed E-state index contributed by atoms with van der Waals surface area (Å²) in [6.07, 6.45) is 0.0488. The molecule has 0 saturated heterocycles. The molecule has 1 aromatic carbocycles. The van der Waals surface area contributed by atoms with E-state index in [-0.39, 0.29) is 23.8 Å². The second-order valence-corrected chi connectivity index (χ2v) is 5.30. The number of thioether (sulfide) groups is 1. The molecule has 0 amide bonds. The second-order valence-electron chi connectivity index (χ2n) is 4.33. The number of nitrogens with one attached hydrogen (secondary N) is 1. The maximum atomic E-state index is 11.5. The summed E-state index contributed by atoms with van der Waals surface area (Å²) in [5.41, 5.74) is 7.45. The average molecular weight is 306 g/mol. The molecular weight excluding hydrogens is 288 g/mol. The zero-order valence-corrected chi connectivity index (χ0v) is 12.8. The van der Waals surface area contributed by atoms with Crippen LogP contribution in [0.15, 0.2) is 29.7 Å². The van der Waals surface area contributed by atoms with Gasteiger partial charge in [0.05, 0.1) is 30.7 Å². The highest BCUT2D eigenvalue weighted by molar-refractivity contribution is 8.16. The Balaban J connectivity index is 2.76. The molecule has 0 unspecified atom stereocenters. The molecule has 0 heterocycles. The predicted octanol–water partition coefficient (Wildman–Crippen LogP) is 2.46. The molecule has 1 aromatic rings. The van der Waals surface area contributed by atoms with Crippen molar-refractivity contribution in [3.05, 3.63) is 40.8 Å². The van der Waals surface area contributed by atoms with Crippen LogP contribution < -0.4 is 5.73 Å². The van der Waals surface area contributed by atoms with Crippen LogP contribution in [-0.2, 0) is 9.53 Å². The van der Waals surface area contributed by atoms with Gasteiger partial charge in [-0.25, -0.2) is 4.79 Å². The summed E-state index contributed by atoms with van der Waals surface area (Å²) in [6.45, 7) is 1.83. The Morgan fingerprint density at radius 3 is 2.67 bits per heavy atom. The molecular formula is C15H18N2O3S. The fourth-order valence-electron chi connectivity index (χ4n) is 1.53. The van der Waals surface area contributed by atoms with Gasteiger partial charge in [-0.05, 0) is 35.6 Å². The number of nitrogens with two attached hydrogens (primary N) is 1. The summed E-state index contributed by atoms with van der Waals surface area (Å²) < 4.78 is 4.68. The minimum atomic E-state index is -0.390. The molecule has 112 valence electrons. The molecule has 0 fully saturated rings. The van der Waals surface area contributed by atoms with Crippen LogP contribution in [0, 0.1) is 5.41 Å². The van der Waals surface area contributed by atoms with Crippen molar-refractivity contribution in [2.24, 2.45) is 5.73 Å². The maximum Gasteiger partial charge on any atom is 0.337 e. The number of methoxy groups -OCH3 is 1. The number of carbonyl (C=O) groups excluding carboxylic acids is 2. The number of Topliss-reactive ketones (excluding diaryl/α,β-unsaturated/α-hetero) is 1. The van der Waals surface area contributed by atoms with Crippen LogP contribution in [0.1, 0.15) is 29.3 Å².